The molecule has 0 radical (unpaired) electrons. The number of aliphatic hydroxyl groups excluding tert-OH is 2. The van der Waals surface area contributed by atoms with E-state index in [-0.39, 0.29) is 12.3 Å². The van der Waals surface area contributed by atoms with Crippen LogP contribution in [0.15, 0.2) is 30.3 Å². The Labute approximate surface area is 122 Å². The average Bonchev–Trinajstić information content (AvgIpc) is 2.42. The van der Waals surface area contributed by atoms with Gasteiger partial charge in [-0.05, 0) is 17.9 Å². The molecular weight excluding hydrogens is 283 g/mol. The predicted molar refractivity (Wildman–Crippen MR) is 74.7 cm³/mol. The van der Waals surface area contributed by atoms with E-state index in [1.54, 1.807) is 44.2 Å². The number of rotatable bonds is 7. The first kappa shape index (κ1) is 17.9. The molecule has 6 heteroatoms. The van der Waals surface area contributed by atoms with Gasteiger partial charge in [0.2, 0.25) is 0 Å². The Morgan fingerprint density at radius 1 is 1.10 bits per heavy atom. The van der Waals surface area contributed by atoms with E-state index in [2.05, 4.69) is 5.32 Å². The van der Waals surface area contributed by atoms with Crippen molar-refractivity contribution in [1.29, 1.82) is 0 Å². The summed E-state index contributed by atoms with van der Waals surface area (Å²) < 4.78 is 40.3. The van der Waals surface area contributed by atoms with Crippen LogP contribution in [0.5, 0.6) is 0 Å². The molecule has 0 aliphatic carbocycles. The summed E-state index contributed by atoms with van der Waals surface area (Å²) in [7, 11) is 0. The molecule has 120 valence electrons. The maximum Gasteiger partial charge on any atom is 0.408 e. The van der Waals surface area contributed by atoms with Crippen LogP contribution in [0.3, 0.4) is 0 Å². The predicted octanol–water partition coefficient (Wildman–Crippen LogP) is 2.65. The highest BCUT2D eigenvalue weighted by atomic mass is 19.4. The van der Waals surface area contributed by atoms with Gasteiger partial charge in [0.1, 0.15) is 5.54 Å². The van der Waals surface area contributed by atoms with Crippen molar-refractivity contribution in [2.45, 2.75) is 38.0 Å². The molecule has 0 saturated heterocycles. The van der Waals surface area contributed by atoms with Gasteiger partial charge in [-0.3, -0.25) is 5.32 Å². The maximum absolute atomic E-state index is 13.4. The monoisotopic (exact) mass is 305 g/mol. The summed E-state index contributed by atoms with van der Waals surface area (Å²) >= 11 is 0. The number of alkyl halides is 3. The molecule has 21 heavy (non-hydrogen) atoms. The van der Waals surface area contributed by atoms with Gasteiger partial charge in [-0.25, -0.2) is 0 Å². The van der Waals surface area contributed by atoms with E-state index in [9.17, 15) is 23.4 Å². The first-order valence-electron chi connectivity index (χ1n) is 6.87. The Bertz CT molecular complexity index is 423. The molecule has 1 aromatic carbocycles. The van der Waals surface area contributed by atoms with Gasteiger partial charge in [-0.15, -0.1) is 0 Å². The lowest BCUT2D eigenvalue weighted by molar-refractivity contribution is -0.215. The van der Waals surface area contributed by atoms with Crippen molar-refractivity contribution in [3.63, 3.8) is 0 Å². The first-order valence-corrected chi connectivity index (χ1v) is 6.87. The zero-order chi connectivity index (χ0) is 16.1. The second-order valence-corrected chi connectivity index (χ2v) is 5.63. The lowest BCUT2D eigenvalue weighted by atomic mass is 9.87. The molecule has 0 unspecified atom stereocenters. The Morgan fingerprint density at radius 2 is 1.67 bits per heavy atom. The van der Waals surface area contributed by atoms with Crippen LogP contribution in [0, 0.1) is 5.92 Å². The van der Waals surface area contributed by atoms with Crippen LogP contribution < -0.4 is 5.32 Å². The molecule has 0 spiro atoms. The van der Waals surface area contributed by atoms with Crippen LogP contribution in [0.1, 0.15) is 31.9 Å². The summed E-state index contributed by atoms with van der Waals surface area (Å²) in [6.07, 6.45) is -4.88. The number of aliphatic hydroxyl groups is 2. The maximum atomic E-state index is 13.4. The smallest absolute Gasteiger partial charge is 0.394 e. The topological polar surface area (TPSA) is 52.5 Å². The normalized spacial score (nSPS) is 16.8. The average molecular weight is 305 g/mol. The second-order valence-electron chi connectivity index (χ2n) is 5.63. The van der Waals surface area contributed by atoms with E-state index in [4.69, 9.17) is 0 Å². The summed E-state index contributed by atoms with van der Waals surface area (Å²) in [5, 5.41) is 21.2. The molecule has 0 aromatic heterocycles. The molecule has 1 aromatic rings. The van der Waals surface area contributed by atoms with Crippen LogP contribution in [0.4, 0.5) is 13.2 Å². The third-order valence-electron chi connectivity index (χ3n) is 3.40. The minimum Gasteiger partial charge on any atom is -0.394 e. The largest absolute Gasteiger partial charge is 0.408 e. The van der Waals surface area contributed by atoms with Crippen LogP contribution in [-0.4, -0.2) is 35.1 Å². The van der Waals surface area contributed by atoms with Crippen molar-refractivity contribution in [1.82, 2.24) is 5.32 Å². The summed E-state index contributed by atoms with van der Waals surface area (Å²) in [5.41, 5.74) is -1.88. The minimum absolute atomic E-state index is 0.263. The quantitative estimate of drug-likeness (QED) is 0.726. The highest BCUT2D eigenvalue weighted by Gasteiger charge is 2.55. The number of benzene rings is 1. The van der Waals surface area contributed by atoms with Gasteiger partial charge < -0.3 is 10.2 Å². The molecular formula is C15H22F3NO2. The lowest BCUT2D eigenvalue weighted by Crippen LogP contribution is -2.61. The van der Waals surface area contributed by atoms with Crippen molar-refractivity contribution in [2.75, 3.05) is 13.2 Å². The number of hydrogen-bond acceptors (Lipinski definition) is 3. The molecule has 2 atom stereocenters. The van der Waals surface area contributed by atoms with E-state index < -0.39 is 31.0 Å². The van der Waals surface area contributed by atoms with E-state index in [1.807, 2.05) is 0 Å². The highest BCUT2D eigenvalue weighted by Crippen LogP contribution is 2.37. The molecule has 0 saturated carbocycles. The number of nitrogens with one attached hydrogen (secondary N) is 1. The van der Waals surface area contributed by atoms with Crippen LogP contribution >= 0.6 is 0 Å². The molecule has 1 rings (SSSR count). The van der Waals surface area contributed by atoms with Gasteiger partial charge >= 0.3 is 6.18 Å². The molecule has 3 nitrogen and oxygen atoms in total. The Hall–Kier alpha value is -1.11. The van der Waals surface area contributed by atoms with E-state index in [1.165, 1.54) is 0 Å². The Balaban J connectivity index is 3.09. The zero-order valence-corrected chi connectivity index (χ0v) is 12.2. The van der Waals surface area contributed by atoms with Gasteiger partial charge in [0.25, 0.3) is 0 Å². The Morgan fingerprint density at radius 3 is 2.05 bits per heavy atom. The molecule has 3 N–H and O–H groups in total. The summed E-state index contributed by atoms with van der Waals surface area (Å²) in [6, 6.07) is 7.52. The fourth-order valence-corrected chi connectivity index (χ4v) is 2.41. The van der Waals surface area contributed by atoms with Crippen molar-refractivity contribution in [3.8, 4) is 0 Å². The standard InChI is InChI=1S/C15H22F3NO2/c1-11(2)8-14(10-21,15(16,17)18)19-13(9-20)12-6-4-3-5-7-12/h3-7,11,13,19-21H,8-10H2,1-2H3/t13-,14+/m0/s1. The molecule has 0 aliphatic rings. The van der Waals surface area contributed by atoms with Crippen molar-refractivity contribution >= 4 is 0 Å². The fraction of sp³-hybridized carbons (Fsp3) is 0.600. The van der Waals surface area contributed by atoms with E-state index >= 15 is 0 Å². The zero-order valence-electron chi connectivity index (χ0n) is 12.2. The molecule has 0 bridgehead atoms. The first-order chi connectivity index (χ1) is 9.75. The Kier molecular flexibility index (Phi) is 6.19. The number of hydrogen-bond donors (Lipinski definition) is 3. The van der Waals surface area contributed by atoms with Gasteiger partial charge in [0.15, 0.2) is 0 Å². The molecule has 0 heterocycles. The third kappa shape index (κ3) is 4.43. The van der Waals surface area contributed by atoms with Gasteiger partial charge in [-0.2, -0.15) is 13.2 Å². The molecule has 0 fully saturated rings. The minimum atomic E-state index is -4.62. The number of halogens is 3. The third-order valence-corrected chi connectivity index (χ3v) is 3.40. The van der Waals surface area contributed by atoms with Crippen molar-refractivity contribution in [3.05, 3.63) is 35.9 Å². The summed E-state index contributed by atoms with van der Waals surface area (Å²) in [6.45, 7) is 1.76. The molecule has 0 amide bonds. The van der Waals surface area contributed by atoms with E-state index in [0.29, 0.717) is 5.56 Å². The second kappa shape index (κ2) is 7.24. The van der Waals surface area contributed by atoms with Crippen LogP contribution in [-0.2, 0) is 0 Å². The summed E-state index contributed by atoms with van der Waals surface area (Å²) in [4.78, 5) is 0. The van der Waals surface area contributed by atoms with Crippen molar-refractivity contribution < 1.29 is 23.4 Å². The lowest BCUT2D eigenvalue weighted by Gasteiger charge is -2.39. The van der Waals surface area contributed by atoms with Crippen molar-refractivity contribution in [2.24, 2.45) is 5.92 Å². The highest BCUT2D eigenvalue weighted by molar-refractivity contribution is 5.20. The summed E-state index contributed by atoms with van der Waals surface area (Å²) in [5.74, 6) is -0.263. The fourth-order valence-electron chi connectivity index (χ4n) is 2.41. The van der Waals surface area contributed by atoms with Crippen LogP contribution in [0.25, 0.3) is 0 Å². The van der Waals surface area contributed by atoms with Crippen LogP contribution in [0.2, 0.25) is 0 Å². The van der Waals surface area contributed by atoms with Gasteiger partial charge in [0.05, 0.1) is 19.3 Å². The molecule has 0 aliphatic heterocycles. The SMILES string of the molecule is CC(C)C[C@](CO)(N[C@@H](CO)c1ccccc1)C(F)(F)F. The van der Waals surface area contributed by atoms with Gasteiger partial charge in [-0.1, -0.05) is 44.2 Å². The van der Waals surface area contributed by atoms with E-state index in [0.717, 1.165) is 0 Å². The van der Waals surface area contributed by atoms with Gasteiger partial charge in [0, 0.05) is 0 Å².